The third-order valence-corrected chi connectivity index (χ3v) is 5.96. The van der Waals surface area contributed by atoms with Crippen LogP contribution in [0.25, 0.3) is 10.8 Å². The molecule has 0 aliphatic heterocycles. The van der Waals surface area contributed by atoms with Crippen LogP contribution in [0.5, 0.6) is 0 Å². The number of carbonyl (C=O) groups excluding carboxylic acids is 2. The fraction of sp³-hybridized carbons (Fsp3) is 0.478. The molecule has 1 saturated carbocycles. The number of amides is 3. The molecule has 0 heterocycles. The summed E-state index contributed by atoms with van der Waals surface area (Å²) in [6.07, 6.45) is 9.00. The SMILES string of the molecule is O=C(CCCNC(=O)NC1CCCCC1)Nc1ccc2c3c(cccc13)CC2. The van der Waals surface area contributed by atoms with Crippen molar-refractivity contribution in [1.29, 1.82) is 0 Å². The minimum Gasteiger partial charge on any atom is -0.338 e. The topological polar surface area (TPSA) is 70.2 Å². The number of hydrogen-bond donors (Lipinski definition) is 3. The molecule has 0 saturated heterocycles. The van der Waals surface area contributed by atoms with Crippen molar-refractivity contribution >= 4 is 28.4 Å². The van der Waals surface area contributed by atoms with Gasteiger partial charge in [0.2, 0.25) is 5.91 Å². The summed E-state index contributed by atoms with van der Waals surface area (Å²) in [6, 6.07) is 10.7. The third kappa shape index (κ3) is 4.29. The Labute approximate surface area is 166 Å². The maximum Gasteiger partial charge on any atom is 0.315 e. The highest BCUT2D eigenvalue weighted by Crippen LogP contribution is 2.35. The molecule has 5 heteroatoms. The van der Waals surface area contributed by atoms with Crippen molar-refractivity contribution in [2.75, 3.05) is 11.9 Å². The molecule has 0 spiro atoms. The summed E-state index contributed by atoms with van der Waals surface area (Å²) in [5.74, 6) is -0.00631. The predicted octanol–water partition coefficient (Wildman–Crippen LogP) is 4.29. The van der Waals surface area contributed by atoms with Crippen LogP contribution in [0.3, 0.4) is 0 Å². The van der Waals surface area contributed by atoms with Gasteiger partial charge < -0.3 is 16.0 Å². The molecule has 148 valence electrons. The Morgan fingerprint density at radius 2 is 1.75 bits per heavy atom. The number of carbonyl (C=O) groups is 2. The first-order valence-corrected chi connectivity index (χ1v) is 10.6. The number of hydrogen-bond acceptors (Lipinski definition) is 2. The number of benzene rings is 2. The van der Waals surface area contributed by atoms with Gasteiger partial charge in [-0.3, -0.25) is 4.79 Å². The van der Waals surface area contributed by atoms with Gasteiger partial charge in [-0.05, 0) is 54.7 Å². The second-order valence-corrected chi connectivity index (χ2v) is 8.00. The summed E-state index contributed by atoms with van der Waals surface area (Å²) in [5, 5.41) is 11.4. The summed E-state index contributed by atoms with van der Waals surface area (Å²) >= 11 is 0. The molecule has 0 aromatic heterocycles. The van der Waals surface area contributed by atoms with E-state index in [-0.39, 0.29) is 11.9 Å². The Morgan fingerprint density at radius 3 is 2.57 bits per heavy atom. The Balaban J connectivity index is 1.23. The van der Waals surface area contributed by atoms with Gasteiger partial charge in [-0.2, -0.15) is 0 Å². The van der Waals surface area contributed by atoms with Crippen molar-refractivity contribution in [3.8, 4) is 0 Å². The molecule has 3 N–H and O–H groups in total. The van der Waals surface area contributed by atoms with Crippen LogP contribution in [0, 0.1) is 0 Å². The highest BCUT2D eigenvalue weighted by atomic mass is 16.2. The maximum atomic E-state index is 12.4. The van der Waals surface area contributed by atoms with Gasteiger partial charge >= 0.3 is 6.03 Å². The molecular formula is C23H29N3O2. The van der Waals surface area contributed by atoms with E-state index in [2.05, 4.69) is 40.2 Å². The van der Waals surface area contributed by atoms with Crippen LogP contribution < -0.4 is 16.0 Å². The number of aryl methyl sites for hydroxylation is 2. The summed E-state index contributed by atoms with van der Waals surface area (Å²) in [4.78, 5) is 24.3. The van der Waals surface area contributed by atoms with E-state index in [1.54, 1.807) is 0 Å². The largest absolute Gasteiger partial charge is 0.338 e. The van der Waals surface area contributed by atoms with Crippen molar-refractivity contribution in [1.82, 2.24) is 10.6 Å². The van der Waals surface area contributed by atoms with Crippen LogP contribution in [-0.2, 0) is 17.6 Å². The second kappa shape index (κ2) is 8.63. The molecule has 2 aromatic carbocycles. The molecule has 4 rings (SSSR count). The van der Waals surface area contributed by atoms with E-state index < -0.39 is 0 Å². The monoisotopic (exact) mass is 379 g/mol. The molecule has 0 unspecified atom stereocenters. The van der Waals surface area contributed by atoms with Gasteiger partial charge in [-0.25, -0.2) is 4.79 Å². The minimum absolute atomic E-state index is 0.00631. The summed E-state index contributed by atoms with van der Waals surface area (Å²) in [7, 11) is 0. The van der Waals surface area contributed by atoms with E-state index in [1.807, 2.05) is 6.07 Å². The number of urea groups is 1. The zero-order valence-corrected chi connectivity index (χ0v) is 16.4. The molecular weight excluding hydrogens is 350 g/mol. The van der Waals surface area contributed by atoms with Crippen LogP contribution in [0.1, 0.15) is 56.1 Å². The van der Waals surface area contributed by atoms with Gasteiger partial charge in [-0.1, -0.05) is 43.5 Å². The molecule has 3 amide bonds. The van der Waals surface area contributed by atoms with Crippen LogP contribution >= 0.6 is 0 Å². The van der Waals surface area contributed by atoms with E-state index in [4.69, 9.17) is 0 Å². The van der Waals surface area contributed by atoms with Crippen molar-refractivity contribution < 1.29 is 9.59 Å². The average Bonchev–Trinajstić information content (AvgIpc) is 3.13. The number of rotatable bonds is 6. The summed E-state index contributed by atoms with van der Waals surface area (Å²) in [6.45, 7) is 0.510. The fourth-order valence-electron chi connectivity index (χ4n) is 4.50. The normalized spacial score (nSPS) is 16.1. The minimum atomic E-state index is -0.111. The van der Waals surface area contributed by atoms with Crippen molar-refractivity contribution in [3.05, 3.63) is 41.5 Å². The van der Waals surface area contributed by atoms with Gasteiger partial charge in [0.15, 0.2) is 0 Å². The molecule has 1 fully saturated rings. The van der Waals surface area contributed by atoms with Crippen LogP contribution in [-0.4, -0.2) is 24.5 Å². The van der Waals surface area contributed by atoms with Gasteiger partial charge in [-0.15, -0.1) is 0 Å². The van der Waals surface area contributed by atoms with Crippen LogP contribution in [0.4, 0.5) is 10.5 Å². The van der Waals surface area contributed by atoms with E-state index in [9.17, 15) is 9.59 Å². The summed E-state index contributed by atoms with van der Waals surface area (Å²) in [5.41, 5.74) is 3.63. The molecule has 0 atom stereocenters. The van der Waals surface area contributed by atoms with Crippen molar-refractivity contribution in [3.63, 3.8) is 0 Å². The average molecular weight is 380 g/mol. The van der Waals surface area contributed by atoms with Crippen LogP contribution in [0.2, 0.25) is 0 Å². The quantitative estimate of drug-likeness (QED) is 0.655. The first-order valence-electron chi connectivity index (χ1n) is 10.6. The van der Waals surface area contributed by atoms with Crippen molar-refractivity contribution in [2.45, 2.75) is 63.8 Å². The molecule has 0 bridgehead atoms. The Bertz CT molecular complexity index is 861. The summed E-state index contributed by atoms with van der Waals surface area (Å²) < 4.78 is 0. The van der Waals surface area contributed by atoms with Gasteiger partial charge in [0.25, 0.3) is 0 Å². The molecule has 28 heavy (non-hydrogen) atoms. The van der Waals surface area contributed by atoms with E-state index in [0.29, 0.717) is 25.4 Å². The van der Waals surface area contributed by atoms with Crippen LogP contribution in [0.15, 0.2) is 30.3 Å². The predicted molar refractivity (Wildman–Crippen MR) is 113 cm³/mol. The lowest BCUT2D eigenvalue weighted by molar-refractivity contribution is -0.116. The first kappa shape index (κ1) is 18.8. The zero-order chi connectivity index (χ0) is 19.3. The van der Waals surface area contributed by atoms with Gasteiger partial charge in [0, 0.05) is 30.1 Å². The molecule has 2 aliphatic carbocycles. The molecule has 0 radical (unpaired) electrons. The lowest BCUT2D eigenvalue weighted by Crippen LogP contribution is -2.43. The molecule has 2 aromatic rings. The Morgan fingerprint density at radius 1 is 0.964 bits per heavy atom. The van der Waals surface area contributed by atoms with Crippen molar-refractivity contribution in [2.24, 2.45) is 0 Å². The lowest BCUT2D eigenvalue weighted by atomic mass is 9.96. The number of anilines is 1. The molecule has 2 aliphatic rings. The molecule has 5 nitrogen and oxygen atoms in total. The maximum absolute atomic E-state index is 12.4. The highest BCUT2D eigenvalue weighted by Gasteiger charge is 2.17. The Kier molecular flexibility index (Phi) is 5.79. The third-order valence-electron chi connectivity index (χ3n) is 5.96. The lowest BCUT2D eigenvalue weighted by Gasteiger charge is -2.22. The smallest absolute Gasteiger partial charge is 0.315 e. The van der Waals surface area contributed by atoms with E-state index >= 15 is 0 Å². The Hall–Kier alpha value is -2.56. The zero-order valence-electron chi connectivity index (χ0n) is 16.4. The highest BCUT2D eigenvalue weighted by molar-refractivity contribution is 6.05. The second-order valence-electron chi connectivity index (χ2n) is 8.00. The number of nitrogens with one attached hydrogen (secondary N) is 3. The van der Waals surface area contributed by atoms with E-state index in [1.165, 1.54) is 35.8 Å². The standard InChI is InChI=1S/C23H29N3O2/c27-21(10-5-15-24-23(28)25-18-7-2-1-3-8-18)26-20-14-13-17-12-11-16-6-4-9-19(20)22(16)17/h4,6,9,13-14,18H,1-3,5,7-8,10-12,15H2,(H,26,27)(H2,24,25,28). The van der Waals surface area contributed by atoms with Gasteiger partial charge in [0.05, 0.1) is 0 Å². The fourth-order valence-corrected chi connectivity index (χ4v) is 4.50. The first-order chi connectivity index (χ1) is 13.7. The van der Waals surface area contributed by atoms with E-state index in [0.717, 1.165) is 36.8 Å². The van der Waals surface area contributed by atoms with Gasteiger partial charge in [0.1, 0.15) is 0 Å².